The number of hydrogen-bond donors (Lipinski definition) is 2. The van der Waals surface area contributed by atoms with E-state index < -0.39 is 0 Å². The molecule has 0 saturated carbocycles. The lowest BCUT2D eigenvalue weighted by Gasteiger charge is -2.30. The van der Waals surface area contributed by atoms with Crippen LogP contribution < -0.4 is 10.6 Å². The van der Waals surface area contributed by atoms with Crippen LogP contribution in [0.1, 0.15) is 33.1 Å². The minimum Gasteiger partial charge on any atom is -0.356 e. The zero-order chi connectivity index (χ0) is 14.8. The maximum Gasteiger partial charge on any atom is 0.191 e. The number of nitrogens with one attached hydrogen (secondary N) is 2. The van der Waals surface area contributed by atoms with Gasteiger partial charge in [0.1, 0.15) is 0 Å². The van der Waals surface area contributed by atoms with E-state index in [0.717, 1.165) is 25.0 Å². The zero-order valence-electron chi connectivity index (χ0n) is 14.0. The Morgan fingerprint density at radius 2 is 2.00 bits per heavy atom. The average molecular weight is 428 g/mol. The van der Waals surface area contributed by atoms with E-state index in [1.807, 2.05) is 18.8 Å². The molecule has 1 atom stereocenters. The minimum absolute atomic E-state index is 0. The summed E-state index contributed by atoms with van der Waals surface area (Å²) < 4.78 is 0. The lowest BCUT2D eigenvalue weighted by atomic mass is 9.99. The second-order valence-corrected chi connectivity index (χ2v) is 7.08. The molecule has 1 heterocycles. The zero-order valence-corrected chi connectivity index (χ0v) is 17.2. The summed E-state index contributed by atoms with van der Waals surface area (Å²) in [4.78, 5) is 6.85. The van der Waals surface area contributed by atoms with Gasteiger partial charge in [0.25, 0.3) is 0 Å². The Kier molecular flexibility index (Phi) is 13.0. The Labute approximate surface area is 152 Å². The number of likely N-dealkylation sites (tertiary alicyclic amines) is 1. The summed E-state index contributed by atoms with van der Waals surface area (Å²) in [6.45, 7) is 10.3. The number of thioether (sulfide) groups is 1. The molecule has 0 aromatic heterocycles. The molecule has 1 aliphatic rings. The van der Waals surface area contributed by atoms with Crippen LogP contribution >= 0.6 is 35.7 Å². The molecule has 0 aromatic rings. The van der Waals surface area contributed by atoms with Gasteiger partial charge in [0.05, 0.1) is 0 Å². The third-order valence-corrected chi connectivity index (χ3v) is 4.97. The molecule has 6 heteroatoms. The molecule has 2 N–H and O–H groups in total. The summed E-state index contributed by atoms with van der Waals surface area (Å²) in [7, 11) is 1.84. The van der Waals surface area contributed by atoms with Crippen molar-refractivity contribution in [3.8, 4) is 0 Å². The fourth-order valence-electron chi connectivity index (χ4n) is 2.34. The Balaban J connectivity index is 0.00000400. The molecule has 0 aromatic carbocycles. The van der Waals surface area contributed by atoms with E-state index >= 15 is 0 Å². The van der Waals surface area contributed by atoms with E-state index in [0.29, 0.717) is 5.25 Å². The molecule has 0 spiro atoms. The number of guanidine groups is 1. The van der Waals surface area contributed by atoms with Gasteiger partial charge in [-0.3, -0.25) is 4.99 Å². The smallest absolute Gasteiger partial charge is 0.191 e. The highest BCUT2D eigenvalue weighted by Crippen LogP contribution is 2.15. The number of rotatable bonds is 7. The second kappa shape index (κ2) is 12.8. The van der Waals surface area contributed by atoms with Crippen LogP contribution in [0.25, 0.3) is 0 Å². The predicted octanol–water partition coefficient (Wildman–Crippen LogP) is 2.64. The molecule has 0 amide bonds. The van der Waals surface area contributed by atoms with Gasteiger partial charge in [-0.05, 0) is 51.1 Å². The molecule has 1 saturated heterocycles. The second-order valence-electron chi connectivity index (χ2n) is 5.80. The van der Waals surface area contributed by atoms with E-state index in [-0.39, 0.29) is 24.0 Å². The van der Waals surface area contributed by atoms with Gasteiger partial charge in [-0.25, -0.2) is 0 Å². The van der Waals surface area contributed by atoms with Crippen molar-refractivity contribution in [2.75, 3.05) is 46.0 Å². The number of hydrogen-bond acceptors (Lipinski definition) is 3. The number of halogens is 1. The van der Waals surface area contributed by atoms with Gasteiger partial charge >= 0.3 is 0 Å². The molecule has 0 bridgehead atoms. The maximum absolute atomic E-state index is 4.26. The van der Waals surface area contributed by atoms with Crippen LogP contribution in [0.3, 0.4) is 0 Å². The maximum atomic E-state index is 4.26. The molecule has 0 radical (unpaired) electrons. The van der Waals surface area contributed by atoms with Crippen LogP contribution in [0.5, 0.6) is 0 Å². The van der Waals surface area contributed by atoms with E-state index in [2.05, 4.69) is 40.6 Å². The van der Waals surface area contributed by atoms with Gasteiger partial charge in [-0.15, -0.1) is 24.0 Å². The minimum atomic E-state index is 0. The van der Waals surface area contributed by atoms with Crippen LogP contribution in [0.4, 0.5) is 0 Å². The SMILES string of the molecule is CN=C(NCCCN1CCC(C)CC1)NCC(C)SC.I. The molecule has 1 rings (SSSR count). The molecule has 1 aliphatic heterocycles. The van der Waals surface area contributed by atoms with E-state index in [9.17, 15) is 0 Å². The third-order valence-electron chi connectivity index (χ3n) is 4.00. The van der Waals surface area contributed by atoms with Crippen molar-refractivity contribution >= 4 is 41.7 Å². The van der Waals surface area contributed by atoms with Gasteiger partial charge in [0.15, 0.2) is 5.96 Å². The van der Waals surface area contributed by atoms with E-state index in [1.165, 1.54) is 38.9 Å². The molecule has 1 unspecified atom stereocenters. The van der Waals surface area contributed by atoms with Gasteiger partial charge in [0.2, 0.25) is 0 Å². The lowest BCUT2D eigenvalue weighted by molar-refractivity contribution is 0.191. The Morgan fingerprint density at radius 1 is 1.33 bits per heavy atom. The molecule has 21 heavy (non-hydrogen) atoms. The van der Waals surface area contributed by atoms with Crippen molar-refractivity contribution in [1.29, 1.82) is 0 Å². The van der Waals surface area contributed by atoms with Crippen molar-refractivity contribution < 1.29 is 0 Å². The van der Waals surface area contributed by atoms with Crippen LogP contribution in [0.15, 0.2) is 4.99 Å². The first-order chi connectivity index (χ1) is 9.65. The summed E-state index contributed by atoms with van der Waals surface area (Å²) in [6.07, 6.45) is 6.06. The average Bonchev–Trinajstić information content (AvgIpc) is 2.48. The van der Waals surface area contributed by atoms with Crippen molar-refractivity contribution in [3.05, 3.63) is 0 Å². The Hall–Kier alpha value is 0.310. The first kappa shape index (κ1) is 21.3. The predicted molar refractivity (Wildman–Crippen MR) is 107 cm³/mol. The number of aliphatic imine (C=N–C) groups is 1. The lowest BCUT2D eigenvalue weighted by Crippen LogP contribution is -2.41. The quantitative estimate of drug-likeness (QED) is 0.283. The fourth-order valence-corrected chi connectivity index (χ4v) is 2.59. The summed E-state index contributed by atoms with van der Waals surface area (Å²) >= 11 is 1.87. The first-order valence-electron chi connectivity index (χ1n) is 7.85. The Bertz CT molecular complexity index is 281. The summed E-state index contributed by atoms with van der Waals surface area (Å²) in [5, 5.41) is 7.38. The highest BCUT2D eigenvalue weighted by atomic mass is 127. The van der Waals surface area contributed by atoms with Crippen molar-refractivity contribution in [1.82, 2.24) is 15.5 Å². The van der Waals surface area contributed by atoms with E-state index in [4.69, 9.17) is 0 Å². The first-order valence-corrected chi connectivity index (χ1v) is 9.14. The normalized spacial score (nSPS) is 19.0. The molecule has 126 valence electrons. The molecule has 1 fully saturated rings. The highest BCUT2D eigenvalue weighted by Gasteiger charge is 2.14. The Morgan fingerprint density at radius 3 is 2.57 bits per heavy atom. The van der Waals surface area contributed by atoms with Gasteiger partial charge in [-0.1, -0.05) is 13.8 Å². The molecular weight excluding hydrogens is 395 g/mol. The van der Waals surface area contributed by atoms with Gasteiger partial charge in [0, 0.05) is 25.4 Å². The standard InChI is InChI=1S/C15H32N4S.HI/c1-13-6-10-19(11-7-13)9-5-8-17-15(16-3)18-12-14(2)20-4;/h13-14H,5-12H2,1-4H3,(H2,16,17,18);1H. The monoisotopic (exact) mass is 428 g/mol. The number of nitrogens with zero attached hydrogens (tertiary/aromatic N) is 2. The van der Waals surface area contributed by atoms with Crippen molar-refractivity contribution in [2.24, 2.45) is 10.9 Å². The van der Waals surface area contributed by atoms with Crippen LogP contribution in [0, 0.1) is 5.92 Å². The highest BCUT2D eigenvalue weighted by molar-refractivity contribution is 14.0. The largest absolute Gasteiger partial charge is 0.356 e. The summed E-state index contributed by atoms with van der Waals surface area (Å²) in [5.41, 5.74) is 0. The summed E-state index contributed by atoms with van der Waals surface area (Å²) in [5.74, 6) is 1.85. The van der Waals surface area contributed by atoms with Gasteiger partial charge < -0.3 is 15.5 Å². The van der Waals surface area contributed by atoms with Crippen LogP contribution in [-0.4, -0.2) is 62.1 Å². The van der Waals surface area contributed by atoms with Crippen LogP contribution in [0.2, 0.25) is 0 Å². The molecule has 0 aliphatic carbocycles. The summed E-state index contributed by atoms with van der Waals surface area (Å²) in [6, 6.07) is 0. The topological polar surface area (TPSA) is 39.7 Å². The van der Waals surface area contributed by atoms with Crippen molar-refractivity contribution in [2.45, 2.75) is 38.4 Å². The fraction of sp³-hybridized carbons (Fsp3) is 0.933. The third kappa shape index (κ3) is 9.84. The number of piperidine rings is 1. The molecule has 4 nitrogen and oxygen atoms in total. The van der Waals surface area contributed by atoms with Crippen molar-refractivity contribution in [3.63, 3.8) is 0 Å². The van der Waals surface area contributed by atoms with Gasteiger partial charge in [-0.2, -0.15) is 11.8 Å². The van der Waals surface area contributed by atoms with Crippen LogP contribution in [-0.2, 0) is 0 Å². The van der Waals surface area contributed by atoms with E-state index in [1.54, 1.807) is 0 Å². The molecular formula is C15H33IN4S.